The van der Waals surface area contributed by atoms with Gasteiger partial charge in [-0.15, -0.1) is 0 Å². The fourth-order valence-corrected chi connectivity index (χ4v) is 2.04. The maximum Gasteiger partial charge on any atom is 0.117 e. The van der Waals surface area contributed by atoms with Crippen LogP contribution >= 0.6 is 11.6 Å². The SMILES string of the molecule is CC.Cc1cc(O)cc(Cl)c1C1CC1. The number of hydrogen-bond acceptors (Lipinski definition) is 1. The van der Waals surface area contributed by atoms with E-state index in [1.807, 2.05) is 20.8 Å². The highest BCUT2D eigenvalue weighted by atomic mass is 35.5. The predicted molar refractivity (Wildman–Crippen MR) is 61.2 cm³/mol. The Morgan fingerprint density at radius 2 is 1.86 bits per heavy atom. The van der Waals surface area contributed by atoms with Gasteiger partial charge in [0.2, 0.25) is 0 Å². The van der Waals surface area contributed by atoms with Gasteiger partial charge in [0.1, 0.15) is 5.75 Å². The molecule has 0 saturated heterocycles. The summed E-state index contributed by atoms with van der Waals surface area (Å²) in [6.45, 7) is 6.00. The van der Waals surface area contributed by atoms with Gasteiger partial charge in [0.15, 0.2) is 0 Å². The average molecular weight is 213 g/mol. The van der Waals surface area contributed by atoms with Crippen molar-refractivity contribution in [3.8, 4) is 5.75 Å². The lowest BCUT2D eigenvalue weighted by Crippen LogP contribution is -1.86. The first-order valence-corrected chi connectivity index (χ1v) is 5.55. The van der Waals surface area contributed by atoms with Gasteiger partial charge in [0.25, 0.3) is 0 Å². The monoisotopic (exact) mass is 212 g/mol. The molecular formula is C12H17ClO. The number of aromatic hydroxyl groups is 1. The molecule has 1 nitrogen and oxygen atoms in total. The molecular weight excluding hydrogens is 196 g/mol. The van der Waals surface area contributed by atoms with Gasteiger partial charge in [0, 0.05) is 5.02 Å². The fourth-order valence-electron chi connectivity index (χ4n) is 1.63. The van der Waals surface area contributed by atoms with E-state index in [9.17, 15) is 5.11 Å². The summed E-state index contributed by atoms with van der Waals surface area (Å²) in [7, 11) is 0. The molecule has 2 heteroatoms. The largest absolute Gasteiger partial charge is 0.508 e. The van der Waals surface area contributed by atoms with Crippen LogP contribution in [0.15, 0.2) is 12.1 Å². The van der Waals surface area contributed by atoms with Gasteiger partial charge in [0.05, 0.1) is 0 Å². The molecule has 1 aliphatic rings. The molecule has 0 amide bonds. The summed E-state index contributed by atoms with van der Waals surface area (Å²) in [6, 6.07) is 3.40. The van der Waals surface area contributed by atoms with E-state index in [-0.39, 0.29) is 5.75 Å². The lowest BCUT2D eigenvalue weighted by atomic mass is 10.0. The minimum absolute atomic E-state index is 0.266. The van der Waals surface area contributed by atoms with Crippen molar-refractivity contribution >= 4 is 11.6 Å². The highest BCUT2D eigenvalue weighted by Crippen LogP contribution is 2.45. The molecule has 0 heterocycles. The molecule has 0 aromatic heterocycles. The molecule has 0 aliphatic heterocycles. The standard InChI is InChI=1S/C10H11ClO.C2H6/c1-6-4-8(12)5-9(11)10(6)7-2-3-7;1-2/h4-5,7,12H,2-3H2,1H3;1-2H3. The zero-order valence-electron chi connectivity index (χ0n) is 8.97. The Kier molecular flexibility index (Phi) is 3.82. The van der Waals surface area contributed by atoms with Crippen LogP contribution in [0.1, 0.15) is 43.7 Å². The van der Waals surface area contributed by atoms with Crippen molar-refractivity contribution in [1.82, 2.24) is 0 Å². The average Bonchev–Trinajstić information content (AvgIpc) is 2.90. The summed E-state index contributed by atoms with van der Waals surface area (Å²) < 4.78 is 0. The van der Waals surface area contributed by atoms with Crippen LogP contribution in [-0.2, 0) is 0 Å². The molecule has 1 fully saturated rings. The van der Waals surface area contributed by atoms with Gasteiger partial charge in [-0.1, -0.05) is 25.4 Å². The molecule has 1 saturated carbocycles. The molecule has 0 bridgehead atoms. The van der Waals surface area contributed by atoms with Crippen LogP contribution in [0.3, 0.4) is 0 Å². The second kappa shape index (κ2) is 4.70. The van der Waals surface area contributed by atoms with Crippen molar-refractivity contribution in [2.75, 3.05) is 0 Å². The van der Waals surface area contributed by atoms with E-state index in [1.54, 1.807) is 12.1 Å². The number of benzene rings is 1. The molecule has 1 N–H and O–H groups in total. The third-order valence-corrected chi connectivity index (χ3v) is 2.62. The first kappa shape index (κ1) is 11.4. The molecule has 0 unspecified atom stereocenters. The fraction of sp³-hybridized carbons (Fsp3) is 0.500. The van der Waals surface area contributed by atoms with Crippen molar-refractivity contribution < 1.29 is 5.11 Å². The highest BCUT2D eigenvalue weighted by molar-refractivity contribution is 6.31. The van der Waals surface area contributed by atoms with Gasteiger partial charge in [-0.25, -0.2) is 0 Å². The normalized spacial score (nSPS) is 14.6. The molecule has 1 aromatic carbocycles. The van der Waals surface area contributed by atoms with Crippen LogP contribution in [-0.4, -0.2) is 5.11 Å². The van der Waals surface area contributed by atoms with Crippen LogP contribution in [0.25, 0.3) is 0 Å². The molecule has 1 aromatic rings. The second-order valence-electron chi connectivity index (χ2n) is 3.43. The lowest BCUT2D eigenvalue weighted by Gasteiger charge is -2.06. The van der Waals surface area contributed by atoms with Crippen LogP contribution in [0.2, 0.25) is 5.02 Å². The third kappa shape index (κ3) is 2.42. The van der Waals surface area contributed by atoms with E-state index < -0.39 is 0 Å². The van der Waals surface area contributed by atoms with Crippen molar-refractivity contribution in [1.29, 1.82) is 0 Å². The molecule has 0 radical (unpaired) electrons. The first-order chi connectivity index (χ1) is 6.68. The minimum Gasteiger partial charge on any atom is -0.508 e. The molecule has 1 aliphatic carbocycles. The van der Waals surface area contributed by atoms with E-state index in [4.69, 9.17) is 11.6 Å². The zero-order valence-corrected chi connectivity index (χ0v) is 9.73. The summed E-state index contributed by atoms with van der Waals surface area (Å²) in [5, 5.41) is 9.95. The Morgan fingerprint density at radius 3 is 2.29 bits per heavy atom. The number of halogens is 1. The summed E-state index contributed by atoms with van der Waals surface area (Å²) >= 11 is 6.01. The highest BCUT2D eigenvalue weighted by Gasteiger charge is 2.27. The molecule has 78 valence electrons. The van der Waals surface area contributed by atoms with Gasteiger partial charge >= 0.3 is 0 Å². The van der Waals surface area contributed by atoms with E-state index in [2.05, 4.69) is 0 Å². The van der Waals surface area contributed by atoms with E-state index in [1.165, 1.54) is 18.4 Å². The second-order valence-corrected chi connectivity index (χ2v) is 3.84. The Bertz CT molecular complexity index is 293. The smallest absolute Gasteiger partial charge is 0.117 e. The van der Waals surface area contributed by atoms with E-state index >= 15 is 0 Å². The van der Waals surface area contributed by atoms with Crippen molar-refractivity contribution in [3.05, 3.63) is 28.3 Å². The molecule has 0 spiro atoms. The van der Waals surface area contributed by atoms with Gasteiger partial charge in [-0.3, -0.25) is 0 Å². The zero-order chi connectivity index (χ0) is 10.7. The van der Waals surface area contributed by atoms with Crippen molar-refractivity contribution in [3.63, 3.8) is 0 Å². The number of rotatable bonds is 1. The Hall–Kier alpha value is -0.690. The Balaban J connectivity index is 0.000000461. The maximum absolute atomic E-state index is 9.24. The molecule has 0 atom stereocenters. The van der Waals surface area contributed by atoms with Gasteiger partial charge in [-0.05, 0) is 48.9 Å². The predicted octanol–water partition coefficient (Wildman–Crippen LogP) is 4.26. The summed E-state index contributed by atoms with van der Waals surface area (Å²) in [5.74, 6) is 0.917. The quantitative estimate of drug-likeness (QED) is 0.738. The van der Waals surface area contributed by atoms with Gasteiger partial charge < -0.3 is 5.11 Å². The Morgan fingerprint density at radius 1 is 1.29 bits per heavy atom. The first-order valence-electron chi connectivity index (χ1n) is 5.17. The summed E-state index contributed by atoms with van der Waals surface area (Å²) in [5.41, 5.74) is 2.34. The summed E-state index contributed by atoms with van der Waals surface area (Å²) in [4.78, 5) is 0. The van der Waals surface area contributed by atoms with Crippen LogP contribution in [0.5, 0.6) is 5.75 Å². The number of phenolic OH excluding ortho intramolecular Hbond substituents is 1. The van der Waals surface area contributed by atoms with Crippen molar-refractivity contribution in [2.45, 2.75) is 39.5 Å². The minimum atomic E-state index is 0.266. The topological polar surface area (TPSA) is 20.2 Å². The summed E-state index contributed by atoms with van der Waals surface area (Å²) in [6.07, 6.45) is 2.48. The van der Waals surface area contributed by atoms with Crippen molar-refractivity contribution in [2.24, 2.45) is 0 Å². The van der Waals surface area contributed by atoms with E-state index in [0.29, 0.717) is 5.92 Å². The number of hydrogen-bond donors (Lipinski definition) is 1. The van der Waals surface area contributed by atoms with Crippen LogP contribution < -0.4 is 0 Å². The third-order valence-electron chi connectivity index (χ3n) is 2.31. The van der Waals surface area contributed by atoms with Gasteiger partial charge in [-0.2, -0.15) is 0 Å². The lowest BCUT2D eigenvalue weighted by molar-refractivity contribution is 0.474. The maximum atomic E-state index is 9.24. The molecule has 14 heavy (non-hydrogen) atoms. The Labute approximate surface area is 90.7 Å². The van der Waals surface area contributed by atoms with E-state index in [0.717, 1.165) is 10.6 Å². The van der Waals surface area contributed by atoms with Crippen LogP contribution in [0, 0.1) is 6.92 Å². The molecule has 2 rings (SSSR count). The van der Waals surface area contributed by atoms with Crippen LogP contribution in [0.4, 0.5) is 0 Å². The number of aryl methyl sites for hydroxylation is 1. The number of phenols is 1.